The van der Waals surface area contributed by atoms with Crippen LogP contribution in [0.4, 0.5) is 0 Å². The first kappa shape index (κ1) is 18.2. The smallest absolute Gasteiger partial charge is 0.494 e. The molecule has 1 unspecified atom stereocenters. The predicted octanol–water partition coefficient (Wildman–Crippen LogP) is 2.70. The molecule has 8 heteroatoms. The fourth-order valence-corrected chi connectivity index (χ4v) is 2.08. The van der Waals surface area contributed by atoms with Gasteiger partial charge in [-0.05, 0) is 38.1 Å². The SMILES string of the molecule is C=C(C)C(=O)OCCOP(=O)(O)Oc1ccc(OCC)cc1. The van der Waals surface area contributed by atoms with E-state index in [4.69, 9.17) is 18.5 Å². The molecule has 0 spiro atoms. The molecule has 22 heavy (non-hydrogen) atoms. The van der Waals surface area contributed by atoms with E-state index in [-0.39, 0.29) is 24.5 Å². The van der Waals surface area contributed by atoms with Crippen LogP contribution >= 0.6 is 7.82 Å². The number of rotatable bonds is 9. The number of hydrogen-bond acceptors (Lipinski definition) is 6. The van der Waals surface area contributed by atoms with Crippen molar-refractivity contribution < 1.29 is 32.8 Å². The maximum Gasteiger partial charge on any atom is 0.527 e. The lowest BCUT2D eigenvalue weighted by Crippen LogP contribution is -2.11. The van der Waals surface area contributed by atoms with Crippen LogP contribution in [0.15, 0.2) is 36.4 Å². The van der Waals surface area contributed by atoms with Crippen LogP contribution in [-0.4, -0.2) is 30.7 Å². The Morgan fingerprint density at radius 1 is 1.23 bits per heavy atom. The van der Waals surface area contributed by atoms with Crippen molar-refractivity contribution >= 4 is 13.8 Å². The second kappa shape index (κ2) is 8.58. The van der Waals surface area contributed by atoms with Gasteiger partial charge in [0.25, 0.3) is 0 Å². The minimum atomic E-state index is -4.28. The molecule has 7 nitrogen and oxygen atoms in total. The summed E-state index contributed by atoms with van der Waals surface area (Å²) in [5, 5.41) is 0. The molecule has 0 amide bonds. The molecule has 0 aliphatic carbocycles. The minimum absolute atomic E-state index is 0.160. The van der Waals surface area contributed by atoms with Crippen LogP contribution in [0.1, 0.15) is 13.8 Å². The highest BCUT2D eigenvalue weighted by Gasteiger charge is 2.23. The number of hydrogen-bond donors (Lipinski definition) is 1. The van der Waals surface area contributed by atoms with Crippen molar-refractivity contribution in [2.24, 2.45) is 0 Å². The number of carbonyl (C=O) groups is 1. The summed E-state index contributed by atoms with van der Waals surface area (Å²) in [7, 11) is -4.28. The summed E-state index contributed by atoms with van der Waals surface area (Å²) < 4.78 is 31.2. The monoisotopic (exact) mass is 330 g/mol. The first-order valence-corrected chi connectivity index (χ1v) is 8.06. The predicted molar refractivity (Wildman–Crippen MR) is 79.8 cm³/mol. The molecule has 0 aliphatic rings. The number of ether oxygens (including phenoxy) is 2. The van der Waals surface area contributed by atoms with Gasteiger partial charge in [-0.3, -0.25) is 9.42 Å². The highest BCUT2D eigenvalue weighted by molar-refractivity contribution is 7.47. The molecule has 1 atom stereocenters. The largest absolute Gasteiger partial charge is 0.527 e. The van der Waals surface area contributed by atoms with Crippen LogP contribution in [0.5, 0.6) is 11.5 Å². The molecular formula is C14H19O7P. The molecule has 122 valence electrons. The highest BCUT2D eigenvalue weighted by Crippen LogP contribution is 2.43. The van der Waals surface area contributed by atoms with Crippen LogP contribution in [0, 0.1) is 0 Å². The fraction of sp³-hybridized carbons (Fsp3) is 0.357. The highest BCUT2D eigenvalue weighted by atomic mass is 31.2. The number of phosphoric acid groups is 1. The lowest BCUT2D eigenvalue weighted by Gasteiger charge is -2.13. The van der Waals surface area contributed by atoms with Crippen molar-refractivity contribution in [2.45, 2.75) is 13.8 Å². The third-order valence-electron chi connectivity index (χ3n) is 2.27. The summed E-state index contributed by atoms with van der Waals surface area (Å²) >= 11 is 0. The van der Waals surface area contributed by atoms with Crippen LogP contribution in [-0.2, 0) is 18.6 Å². The Balaban J connectivity index is 2.41. The molecule has 0 fully saturated rings. The summed E-state index contributed by atoms with van der Waals surface area (Å²) in [5.41, 5.74) is 0.234. The molecular weight excluding hydrogens is 311 g/mol. The van der Waals surface area contributed by atoms with Crippen molar-refractivity contribution in [3.8, 4) is 11.5 Å². The van der Waals surface area contributed by atoms with Gasteiger partial charge >= 0.3 is 13.8 Å². The number of phosphoric ester groups is 1. The first-order valence-electron chi connectivity index (χ1n) is 6.56. The summed E-state index contributed by atoms with van der Waals surface area (Å²) in [6.07, 6.45) is 0. The Kier molecular flexibility index (Phi) is 7.11. The molecule has 1 aromatic carbocycles. The van der Waals surface area contributed by atoms with Gasteiger partial charge in [0.2, 0.25) is 0 Å². The van der Waals surface area contributed by atoms with Crippen LogP contribution in [0.25, 0.3) is 0 Å². The van der Waals surface area contributed by atoms with Gasteiger partial charge in [-0.15, -0.1) is 0 Å². The molecule has 0 radical (unpaired) electrons. The molecule has 0 saturated heterocycles. The lowest BCUT2D eigenvalue weighted by atomic mass is 10.3. The average Bonchev–Trinajstić information content (AvgIpc) is 2.45. The molecule has 1 rings (SSSR count). The third kappa shape index (κ3) is 6.76. The van der Waals surface area contributed by atoms with Crippen LogP contribution < -0.4 is 9.26 Å². The zero-order chi connectivity index (χ0) is 16.6. The maximum absolute atomic E-state index is 11.7. The minimum Gasteiger partial charge on any atom is -0.494 e. The van der Waals surface area contributed by atoms with E-state index in [1.807, 2.05) is 6.92 Å². The van der Waals surface area contributed by atoms with E-state index >= 15 is 0 Å². The van der Waals surface area contributed by atoms with Crippen LogP contribution in [0.2, 0.25) is 0 Å². The van der Waals surface area contributed by atoms with E-state index in [0.29, 0.717) is 12.4 Å². The van der Waals surface area contributed by atoms with Crippen molar-refractivity contribution in [2.75, 3.05) is 19.8 Å². The molecule has 1 N–H and O–H groups in total. The second-order valence-electron chi connectivity index (χ2n) is 4.21. The zero-order valence-corrected chi connectivity index (χ0v) is 13.4. The Morgan fingerprint density at radius 3 is 2.36 bits per heavy atom. The Morgan fingerprint density at radius 2 is 1.82 bits per heavy atom. The van der Waals surface area contributed by atoms with Gasteiger partial charge < -0.3 is 14.0 Å². The van der Waals surface area contributed by atoms with E-state index < -0.39 is 13.8 Å². The normalized spacial score (nSPS) is 13.0. The van der Waals surface area contributed by atoms with E-state index in [1.165, 1.54) is 19.1 Å². The second-order valence-corrected chi connectivity index (χ2v) is 5.59. The topological polar surface area (TPSA) is 91.3 Å². The van der Waals surface area contributed by atoms with Gasteiger partial charge in [0.15, 0.2) is 0 Å². The molecule has 0 aromatic heterocycles. The summed E-state index contributed by atoms with van der Waals surface area (Å²) in [6, 6.07) is 6.18. The van der Waals surface area contributed by atoms with Crippen molar-refractivity contribution in [3.05, 3.63) is 36.4 Å². The van der Waals surface area contributed by atoms with Crippen molar-refractivity contribution in [3.63, 3.8) is 0 Å². The summed E-state index contributed by atoms with van der Waals surface area (Å²) in [4.78, 5) is 20.6. The standard InChI is InChI=1S/C14H19O7P/c1-4-18-12-5-7-13(8-6-12)21-22(16,17)20-10-9-19-14(15)11(2)3/h5-8H,2,4,9-10H2,1,3H3,(H,16,17). The third-order valence-corrected chi connectivity index (χ3v) is 3.23. The van der Waals surface area contributed by atoms with E-state index in [0.717, 1.165) is 0 Å². The van der Waals surface area contributed by atoms with Gasteiger partial charge in [0, 0.05) is 5.57 Å². The molecule has 0 saturated carbocycles. The first-order chi connectivity index (χ1) is 10.3. The molecule has 1 aromatic rings. The molecule has 0 aliphatic heterocycles. The van der Waals surface area contributed by atoms with E-state index in [9.17, 15) is 14.3 Å². The van der Waals surface area contributed by atoms with Crippen LogP contribution in [0.3, 0.4) is 0 Å². The molecule has 0 heterocycles. The van der Waals surface area contributed by atoms with Gasteiger partial charge in [-0.1, -0.05) is 6.58 Å². The Hall–Kier alpha value is -1.82. The Labute approximate surface area is 129 Å². The van der Waals surface area contributed by atoms with Crippen molar-refractivity contribution in [1.29, 1.82) is 0 Å². The van der Waals surface area contributed by atoms with Gasteiger partial charge in [-0.25, -0.2) is 9.36 Å². The molecule has 0 bridgehead atoms. The zero-order valence-electron chi connectivity index (χ0n) is 12.5. The summed E-state index contributed by atoms with van der Waals surface area (Å²) in [5.74, 6) is 0.187. The number of carbonyl (C=O) groups excluding carboxylic acids is 1. The van der Waals surface area contributed by atoms with E-state index in [1.54, 1.807) is 12.1 Å². The van der Waals surface area contributed by atoms with Gasteiger partial charge in [-0.2, -0.15) is 0 Å². The average molecular weight is 330 g/mol. The van der Waals surface area contributed by atoms with Gasteiger partial charge in [0.05, 0.1) is 13.2 Å². The quantitative estimate of drug-likeness (QED) is 0.322. The Bertz CT molecular complexity index is 553. The van der Waals surface area contributed by atoms with E-state index in [2.05, 4.69) is 6.58 Å². The maximum atomic E-state index is 11.7. The van der Waals surface area contributed by atoms with Crippen molar-refractivity contribution in [1.82, 2.24) is 0 Å². The summed E-state index contributed by atoms with van der Waals surface area (Å²) in [6.45, 7) is 6.81. The van der Waals surface area contributed by atoms with Gasteiger partial charge in [0.1, 0.15) is 18.1 Å². The number of benzene rings is 1. The lowest BCUT2D eigenvalue weighted by molar-refractivity contribution is -0.139. The number of esters is 1. The fourth-order valence-electron chi connectivity index (χ4n) is 1.33.